The number of nitrogens with two attached hydrogens (primary N) is 1. The lowest BCUT2D eigenvalue weighted by Gasteiger charge is -1.95. The van der Waals surface area contributed by atoms with Gasteiger partial charge in [-0.05, 0) is 48.2 Å². The summed E-state index contributed by atoms with van der Waals surface area (Å²) in [7, 11) is 0. The van der Waals surface area contributed by atoms with E-state index in [-0.39, 0.29) is 0 Å². The van der Waals surface area contributed by atoms with Crippen LogP contribution in [0.15, 0.2) is 22.9 Å². The molecule has 1 rings (SSSR count). The van der Waals surface area contributed by atoms with Gasteiger partial charge in [-0.1, -0.05) is 25.0 Å². The van der Waals surface area contributed by atoms with E-state index < -0.39 is 0 Å². The van der Waals surface area contributed by atoms with Crippen LogP contribution in [-0.2, 0) is 0 Å². The van der Waals surface area contributed by atoms with E-state index >= 15 is 0 Å². The average molecular weight is 209 g/mol. The first-order chi connectivity index (χ1) is 6.93. The van der Waals surface area contributed by atoms with Crippen LogP contribution in [0.1, 0.15) is 37.7 Å². The third-order valence-corrected chi connectivity index (χ3v) is 2.88. The van der Waals surface area contributed by atoms with Crippen molar-refractivity contribution >= 4 is 17.4 Å². The Kier molecular flexibility index (Phi) is 6.37. The van der Waals surface area contributed by atoms with Gasteiger partial charge < -0.3 is 5.73 Å². The standard InChI is InChI=1S/C12H19NS/c13-9-6-4-2-1-3-5-7-12-8-10-14-11-12/h5,7-8,10-11H,1-4,6,9,13H2/b7-5-. The van der Waals surface area contributed by atoms with E-state index in [2.05, 4.69) is 29.0 Å². The minimum absolute atomic E-state index is 0.838. The number of rotatable bonds is 7. The highest BCUT2D eigenvalue weighted by molar-refractivity contribution is 7.08. The van der Waals surface area contributed by atoms with Gasteiger partial charge in [0.1, 0.15) is 0 Å². The summed E-state index contributed by atoms with van der Waals surface area (Å²) < 4.78 is 0. The summed E-state index contributed by atoms with van der Waals surface area (Å²) in [5.41, 5.74) is 6.75. The van der Waals surface area contributed by atoms with Crippen molar-refractivity contribution in [2.45, 2.75) is 32.1 Å². The average Bonchev–Trinajstić information content (AvgIpc) is 2.69. The molecule has 2 N–H and O–H groups in total. The van der Waals surface area contributed by atoms with Gasteiger partial charge in [-0.15, -0.1) is 0 Å². The molecular weight excluding hydrogens is 190 g/mol. The smallest absolute Gasteiger partial charge is 0.00209 e. The Balaban J connectivity index is 1.98. The fraction of sp³-hybridized carbons (Fsp3) is 0.500. The van der Waals surface area contributed by atoms with Crippen molar-refractivity contribution in [3.63, 3.8) is 0 Å². The number of hydrogen-bond donors (Lipinski definition) is 1. The molecule has 0 unspecified atom stereocenters. The second kappa shape index (κ2) is 7.77. The topological polar surface area (TPSA) is 26.0 Å². The summed E-state index contributed by atoms with van der Waals surface area (Å²) in [4.78, 5) is 0. The largest absolute Gasteiger partial charge is 0.330 e. The third-order valence-electron chi connectivity index (χ3n) is 2.18. The molecule has 0 aliphatic heterocycles. The normalized spacial score (nSPS) is 11.2. The highest BCUT2D eigenvalue weighted by atomic mass is 32.1. The molecule has 0 amide bonds. The van der Waals surface area contributed by atoms with Crippen molar-refractivity contribution in [3.05, 3.63) is 28.5 Å². The molecule has 0 atom stereocenters. The van der Waals surface area contributed by atoms with Gasteiger partial charge in [-0.3, -0.25) is 0 Å². The molecule has 0 radical (unpaired) electrons. The number of hydrogen-bond acceptors (Lipinski definition) is 2. The Morgan fingerprint density at radius 1 is 1.21 bits per heavy atom. The molecule has 0 fully saturated rings. The molecule has 0 aliphatic carbocycles. The minimum Gasteiger partial charge on any atom is -0.330 e. The molecule has 14 heavy (non-hydrogen) atoms. The van der Waals surface area contributed by atoms with Crippen molar-refractivity contribution in [3.8, 4) is 0 Å². The van der Waals surface area contributed by atoms with Gasteiger partial charge in [-0.25, -0.2) is 0 Å². The fourth-order valence-electron chi connectivity index (χ4n) is 1.35. The number of allylic oxidation sites excluding steroid dienone is 1. The maximum absolute atomic E-state index is 5.42. The SMILES string of the molecule is NCCCCCC/C=C\c1ccsc1. The lowest BCUT2D eigenvalue weighted by Crippen LogP contribution is -1.97. The molecule has 0 bridgehead atoms. The Morgan fingerprint density at radius 2 is 2.07 bits per heavy atom. The highest BCUT2D eigenvalue weighted by Gasteiger charge is 1.87. The number of unbranched alkanes of at least 4 members (excludes halogenated alkanes) is 4. The van der Waals surface area contributed by atoms with Crippen LogP contribution >= 0.6 is 11.3 Å². The van der Waals surface area contributed by atoms with Gasteiger partial charge >= 0.3 is 0 Å². The van der Waals surface area contributed by atoms with Crippen LogP contribution in [0.5, 0.6) is 0 Å². The molecule has 0 aromatic carbocycles. The Hall–Kier alpha value is -0.600. The van der Waals surface area contributed by atoms with Crippen LogP contribution < -0.4 is 5.73 Å². The van der Waals surface area contributed by atoms with Crippen molar-refractivity contribution in [1.29, 1.82) is 0 Å². The zero-order valence-electron chi connectivity index (χ0n) is 8.61. The zero-order valence-corrected chi connectivity index (χ0v) is 9.43. The van der Waals surface area contributed by atoms with Gasteiger partial charge in [0, 0.05) is 0 Å². The summed E-state index contributed by atoms with van der Waals surface area (Å²) >= 11 is 1.75. The fourth-order valence-corrected chi connectivity index (χ4v) is 1.98. The first kappa shape index (κ1) is 11.5. The predicted octanol–water partition coefficient (Wildman–Crippen LogP) is 3.67. The van der Waals surface area contributed by atoms with Crippen LogP contribution in [0.4, 0.5) is 0 Å². The molecule has 1 heterocycles. The maximum atomic E-state index is 5.42. The van der Waals surface area contributed by atoms with Crippen molar-refractivity contribution in [1.82, 2.24) is 0 Å². The molecular formula is C12H19NS. The summed E-state index contributed by atoms with van der Waals surface area (Å²) in [5.74, 6) is 0. The van der Waals surface area contributed by atoms with Gasteiger partial charge in [0.25, 0.3) is 0 Å². The molecule has 2 heteroatoms. The summed E-state index contributed by atoms with van der Waals surface area (Å²) in [6.07, 6.45) is 10.7. The van der Waals surface area contributed by atoms with Crippen LogP contribution in [0.3, 0.4) is 0 Å². The molecule has 78 valence electrons. The molecule has 0 aliphatic rings. The van der Waals surface area contributed by atoms with E-state index in [4.69, 9.17) is 5.73 Å². The Labute approximate surface area is 90.6 Å². The molecule has 0 saturated carbocycles. The van der Waals surface area contributed by atoms with Crippen molar-refractivity contribution < 1.29 is 0 Å². The summed E-state index contributed by atoms with van der Waals surface area (Å²) in [6.45, 7) is 0.838. The summed E-state index contributed by atoms with van der Waals surface area (Å²) in [5, 5.41) is 4.28. The first-order valence-corrected chi connectivity index (χ1v) is 6.26. The van der Waals surface area contributed by atoms with Crippen LogP contribution in [-0.4, -0.2) is 6.54 Å². The van der Waals surface area contributed by atoms with E-state index in [0.717, 1.165) is 6.54 Å². The lowest BCUT2D eigenvalue weighted by molar-refractivity contribution is 0.653. The molecule has 1 aromatic rings. The van der Waals surface area contributed by atoms with Gasteiger partial charge in [0.2, 0.25) is 0 Å². The maximum Gasteiger partial charge on any atom is -0.00209 e. The van der Waals surface area contributed by atoms with Gasteiger partial charge in [-0.2, -0.15) is 11.3 Å². The van der Waals surface area contributed by atoms with Crippen molar-refractivity contribution in [2.75, 3.05) is 6.54 Å². The molecule has 0 saturated heterocycles. The van der Waals surface area contributed by atoms with Crippen LogP contribution in [0, 0.1) is 0 Å². The number of thiophene rings is 1. The minimum atomic E-state index is 0.838. The predicted molar refractivity (Wildman–Crippen MR) is 65.5 cm³/mol. The van der Waals surface area contributed by atoms with Gasteiger partial charge in [0.05, 0.1) is 0 Å². The zero-order chi connectivity index (χ0) is 10.1. The second-order valence-corrected chi connectivity index (χ2v) is 4.23. The van der Waals surface area contributed by atoms with E-state index in [9.17, 15) is 0 Å². The molecule has 1 nitrogen and oxygen atoms in total. The Morgan fingerprint density at radius 3 is 2.79 bits per heavy atom. The monoisotopic (exact) mass is 209 g/mol. The summed E-state index contributed by atoms with van der Waals surface area (Å²) in [6, 6.07) is 2.15. The third kappa shape index (κ3) is 5.20. The highest BCUT2D eigenvalue weighted by Crippen LogP contribution is 2.09. The molecule has 1 aromatic heterocycles. The quantitative estimate of drug-likeness (QED) is 0.681. The lowest BCUT2D eigenvalue weighted by atomic mass is 10.1. The van der Waals surface area contributed by atoms with E-state index in [1.54, 1.807) is 11.3 Å². The van der Waals surface area contributed by atoms with E-state index in [0.29, 0.717) is 0 Å². The van der Waals surface area contributed by atoms with E-state index in [1.165, 1.54) is 37.7 Å². The first-order valence-electron chi connectivity index (χ1n) is 5.32. The van der Waals surface area contributed by atoms with E-state index in [1.807, 2.05) is 0 Å². The molecule has 0 spiro atoms. The van der Waals surface area contributed by atoms with Crippen molar-refractivity contribution in [2.24, 2.45) is 5.73 Å². The second-order valence-electron chi connectivity index (χ2n) is 3.45. The van der Waals surface area contributed by atoms with Crippen LogP contribution in [0.25, 0.3) is 6.08 Å². The van der Waals surface area contributed by atoms with Crippen LogP contribution in [0.2, 0.25) is 0 Å². The Bertz CT molecular complexity index is 239. The van der Waals surface area contributed by atoms with Gasteiger partial charge in [0.15, 0.2) is 0 Å².